The molecule has 0 saturated carbocycles. The zero-order chi connectivity index (χ0) is 13.4. The molecule has 0 bridgehead atoms. The number of nitrogens with zero attached hydrogens (tertiary/aromatic N) is 1. The van der Waals surface area contributed by atoms with Crippen molar-refractivity contribution >= 4 is 5.91 Å². The highest BCUT2D eigenvalue weighted by atomic mass is 16.5. The van der Waals surface area contributed by atoms with Crippen LogP contribution in [-0.4, -0.2) is 56.9 Å². The van der Waals surface area contributed by atoms with Gasteiger partial charge in [-0.15, -0.1) is 0 Å². The minimum absolute atomic E-state index is 0.0879. The summed E-state index contributed by atoms with van der Waals surface area (Å²) in [5.41, 5.74) is 2.14. The summed E-state index contributed by atoms with van der Waals surface area (Å²) < 4.78 is 10.8. The highest BCUT2D eigenvalue weighted by Gasteiger charge is 2.32. The molecule has 1 aliphatic rings. The summed E-state index contributed by atoms with van der Waals surface area (Å²) in [6.45, 7) is 2.89. The summed E-state index contributed by atoms with van der Waals surface area (Å²) >= 11 is 0. The number of likely N-dealkylation sites (tertiary alicyclic amines) is 1. The molecule has 3 N–H and O–H groups in total. The van der Waals surface area contributed by atoms with Crippen LogP contribution in [0.5, 0.6) is 0 Å². The smallest absolute Gasteiger partial charge is 0.233 e. The topological polar surface area (TPSA) is 76.8 Å². The normalized spacial score (nSPS) is 24.4. The second kappa shape index (κ2) is 8.42. The third-order valence-corrected chi connectivity index (χ3v) is 3.44. The Hall–Kier alpha value is -0.690. The van der Waals surface area contributed by atoms with Gasteiger partial charge in [0.2, 0.25) is 5.91 Å². The van der Waals surface area contributed by atoms with E-state index in [2.05, 4.69) is 10.3 Å². The van der Waals surface area contributed by atoms with Crippen LogP contribution in [0.2, 0.25) is 0 Å². The van der Waals surface area contributed by atoms with Crippen molar-refractivity contribution < 1.29 is 14.3 Å². The number of hydrogen-bond donors (Lipinski definition) is 2. The van der Waals surface area contributed by atoms with Crippen LogP contribution in [0.4, 0.5) is 0 Å². The standard InChI is InChI=1S/C12H25N3O3/c1-17-10-8-15(9-11(10)18-2)7-5-3-4-6-12(16)14-13/h10-11H,3-9,13H2,1-2H3,(H,14,16). The van der Waals surface area contributed by atoms with Crippen LogP contribution in [0, 0.1) is 0 Å². The summed E-state index contributed by atoms with van der Waals surface area (Å²) in [5, 5.41) is 0. The van der Waals surface area contributed by atoms with Crippen molar-refractivity contribution in [1.82, 2.24) is 10.3 Å². The van der Waals surface area contributed by atoms with Crippen LogP contribution in [0.15, 0.2) is 0 Å². The maximum Gasteiger partial charge on any atom is 0.233 e. The molecule has 6 nitrogen and oxygen atoms in total. The third kappa shape index (κ3) is 4.89. The molecule has 0 aromatic rings. The Morgan fingerprint density at radius 2 is 1.83 bits per heavy atom. The van der Waals surface area contributed by atoms with E-state index in [0.29, 0.717) is 6.42 Å². The first-order chi connectivity index (χ1) is 8.71. The maximum atomic E-state index is 10.9. The lowest BCUT2D eigenvalue weighted by atomic mass is 10.2. The van der Waals surface area contributed by atoms with Crippen molar-refractivity contribution in [3.8, 4) is 0 Å². The van der Waals surface area contributed by atoms with Gasteiger partial charge in [-0.25, -0.2) is 5.84 Å². The number of carbonyl (C=O) groups excluding carboxylic acids is 1. The van der Waals surface area contributed by atoms with Crippen molar-refractivity contribution in [3.05, 3.63) is 0 Å². The largest absolute Gasteiger partial charge is 0.377 e. The molecule has 1 rings (SSSR count). The van der Waals surface area contributed by atoms with Crippen molar-refractivity contribution in [2.24, 2.45) is 5.84 Å². The Morgan fingerprint density at radius 3 is 2.33 bits per heavy atom. The monoisotopic (exact) mass is 259 g/mol. The Bertz CT molecular complexity index is 239. The first-order valence-corrected chi connectivity index (χ1v) is 6.48. The molecule has 0 spiro atoms. The molecule has 0 radical (unpaired) electrons. The van der Waals surface area contributed by atoms with E-state index in [1.165, 1.54) is 0 Å². The predicted molar refractivity (Wildman–Crippen MR) is 68.8 cm³/mol. The molecule has 1 amide bonds. The number of amides is 1. The molecular formula is C12H25N3O3. The van der Waals surface area contributed by atoms with Gasteiger partial charge in [0.1, 0.15) is 0 Å². The first-order valence-electron chi connectivity index (χ1n) is 6.48. The van der Waals surface area contributed by atoms with Crippen LogP contribution >= 0.6 is 0 Å². The molecule has 18 heavy (non-hydrogen) atoms. The number of nitrogens with two attached hydrogens (primary N) is 1. The lowest BCUT2D eigenvalue weighted by molar-refractivity contribution is -0.121. The Kier molecular flexibility index (Phi) is 7.19. The minimum atomic E-state index is -0.0879. The fourth-order valence-corrected chi connectivity index (χ4v) is 2.32. The van der Waals surface area contributed by atoms with Crippen LogP contribution in [-0.2, 0) is 14.3 Å². The lowest BCUT2D eigenvalue weighted by Gasteiger charge is -2.14. The summed E-state index contributed by atoms with van der Waals surface area (Å²) in [6.07, 6.45) is 3.89. The number of unbranched alkanes of at least 4 members (excludes halogenated alkanes) is 2. The summed E-state index contributed by atoms with van der Waals surface area (Å²) in [7, 11) is 3.46. The van der Waals surface area contributed by atoms with E-state index in [1.54, 1.807) is 14.2 Å². The van der Waals surface area contributed by atoms with Gasteiger partial charge in [-0.2, -0.15) is 0 Å². The van der Waals surface area contributed by atoms with E-state index in [9.17, 15) is 4.79 Å². The third-order valence-electron chi connectivity index (χ3n) is 3.44. The molecule has 0 aromatic heterocycles. The number of nitrogens with one attached hydrogen (secondary N) is 1. The van der Waals surface area contributed by atoms with Gasteiger partial charge >= 0.3 is 0 Å². The number of hydrazine groups is 1. The minimum Gasteiger partial charge on any atom is -0.377 e. The number of ether oxygens (including phenoxy) is 2. The second-order valence-electron chi connectivity index (χ2n) is 4.69. The zero-order valence-electron chi connectivity index (χ0n) is 11.4. The quantitative estimate of drug-likeness (QED) is 0.275. The molecule has 2 atom stereocenters. The van der Waals surface area contributed by atoms with Gasteiger partial charge in [0, 0.05) is 33.7 Å². The van der Waals surface area contributed by atoms with Crippen LogP contribution in [0.3, 0.4) is 0 Å². The molecule has 106 valence electrons. The molecular weight excluding hydrogens is 234 g/mol. The highest BCUT2D eigenvalue weighted by Crippen LogP contribution is 2.16. The van der Waals surface area contributed by atoms with Crippen LogP contribution in [0.1, 0.15) is 25.7 Å². The second-order valence-corrected chi connectivity index (χ2v) is 4.69. The number of rotatable bonds is 8. The number of carbonyl (C=O) groups is 1. The van der Waals surface area contributed by atoms with Crippen molar-refractivity contribution in [2.45, 2.75) is 37.9 Å². The summed E-state index contributed by atoms with van der Waals surface area (Å²) in [6, 6.07) is 0. The van der Waals surface area contributed by atoms with Crippen molar-refractivity contribution in [3.63, 3.8) is 0 Å². The van der Waals surface area contributed by atoms with E-state index in [1.807, 2.05) is 0 Å². The van der Waals surface area contributed by atoms with Gasteiger partial charge in [-0.3, -0.25) is 15.1 Å². The van der Waals surface area contributed by atoms with Gasteiger partial charge in [0.05, 0.1) is 12.2 Å². The first kappa shape index (κ1) is 15.4. The van der Waals surface area contributed by atoms with Gasteiger partial charge < -0.3 is 9.47 Å². The van der Waals surface area contributed by atoms with Gasteiger partial charge in [0.25, 0.3) is 0 Å². The van der Waals surface area contributed by atoms with E-state index in [4.69, 9.17) is 15.3 Å². The van der Waals surface area contributed by atoms with E-state index < -0.39 is 0 Å². The molecule has 6 heteroatoms. The molecule has 1 aliphatic heterocycles. The SMILES string of the molecule is COC1CN(CCCCCC(=O)NN)CC1OC. The van der Waals surface area contributed by atoms with Gasteiger partial charge in [-0.05, 0) is 19.4 Å². The van der Waals surface area contributed by atoms with E-state index in [0.717, 1.165) is 38.9 Å². The Labute approximate surface area is 109 Å². The van der Waals surface area contributed by atoms with E-state index in [-0.39, 0.29) is 18.1 Å². The number of methoxy groups -OCH3 is 2. The highest BCUT2D eigenvalue weighted by molar-refractivity contribution is 5.74. The molecule has 1 heterocycles. The van der Waals surface area contributed by atoms with Gasteiger partial charge in [-0.1, -0.05) is 6.42 Å². The molecule has 2 unspecified atom stereocenters. The maximum absolute atomic E-state index is 10.9. The van der Waals surface area contributed by atoms with Crippen molar-refractivity contribution in [2.75, 3.05) is 33.9 Å². The number of hydrogen-bond acceptors (Lipinski definition) is 5. The lowest BCUT2D eigenvalue weighted by Crippen LogP contribution is -2.29. The van der Waals surface area contributed by atoms with Crippen LogP contribution in [0.25, 0.3) is 0 Å². The molecule has 1 saturated heterocycles. The van der Waals surface area contributed by atoms with Crippen LogP contribution < -0.4 is 11.3 Å². The van der Waals surface area contributed by atoms with Gasteiger partial charge in [0.15, 0.2) is 0 Å². The Morgan fingerprint density at radius 1 is 1.22 bits per heavy atom. The molecule has 0 aromatic carbocycles. The van der Waals surface area contributed by atoms with Crippen molar-refractivity contribution in [1.29, 1.82) is 0 Å². The van der Waals surface area contributed by atoms with E-state index >= 15 is 0 Å². The average molecular weight is 259 g/mol. The predicted octanol–water partition coefficient (Wildman–Crippen LogP) is -0.118. The fourth-order valence-electron chi connectivity index (χ4n) is 2.32. The average Bonchev–Trinajstić information content (AvgIpc) is 2.80. The molecule has 0 aliphatic carbocycles. The molecule has 1 fully saturated rings. The fraction of sp³-hybridized carbons (Fsp3) is 0.917. The summed E-state index contributed by atoms with van der Waals surface area (Å²) in [5.74, 6) is 4.92. The zero-order valence-corrected chi connectivity index (χ0v) is 11.4. The Balaban J connectivity index is 2.08. The summed E-state index contributed by atoms with van der Waals surface area (Å²) in [4.78, 5) is 13.3.